The van der Waals surface area contributed by atoms with E-state index in [1.165, 1.54) is 7.11 Å². The Morgan fingerprint density at radius 1 is 1.65 bits per heavy atom. The number of hydrogen-bond donors (Lipinski definition) is 1. The molecule has 1 rings (SSSR count). The summed E-state index contributed by atoms with van der Waals surface area (Å²) in [6, 6.07) is 0. The highest BCUT2D eigenvalue weighted by atomic mass is 79.9. The molecule has 0 atom stereocenters. The van der Waals surface area contributed by atoms with Gasteiger partial charge < -0.3 is 10.5 Å². The lowest BCUT2D eigenvalue weighted by atomic mass is 10.0. The molecule has 1 aromatic rings. The van der Waals surface area contributed by atoms with E-state index in [1.807, 2.05) is 0 Å². The molecule has 0 aliphatic rings. The molecule has 0 saturated heterocycles. The number of aromatic nitrogens is 1. The number of alkyl halides is 3. The van der Waals surface area contributed by atoms with E-state index in [4.69, 9.17) is 5.73 Å². The molecule has 94 valence electrons. The van der Waals surface area contributed by atoms with E-state index in [0.29, 0.717) is 0 Å². The maximum atomic E-state index is 12.8. The Morgan fingerprint density at radius 3 is 2.76 bits per heavy atom. The third-order valence-electron chi connectivity index (χ3n) is 2.24. The van der Waals surface area contributed by atoms with Crippen molar-refractivity contribution >= 4 is 27.6 Å². The number of carbonyl (C=O) groups is 1. The molecule has 0 radical (unpaired) electrons. The van der Waals surface area contributed by atoms with Gasteiger partial charge in [0.1, 0.15) is 0 Å². The summed E-state index contributed by atoms with van der Waals surface area (Å²) in [7, 11) is 1.22. The normalized spacial score (nSPS) is 10.6. The number of anilines is 1. The summed E-state index contributed by atoms with van der Waals surface area (Å²) < 4.78 is 30.1. The van der Waals surface area contributed by atoms with Crippen molar-refractivity contribution in [2.24, 2.45) is 0 Å². The zero-order valence-corrected chi connectivity index (χ0v) is 10.6. The van der Waals surface area contributed by atoms with Gasteiger partial charge in [0.15, 0.2) is 0 Å². The second-order valence-corrected chi connectivity index (χ2v) is 3.80. The van der Waals surface area contributed by atoms with Gasteiger partial charge in [0, 0.05) is 10.9 Å². The number of halogens is 3. The van der Waals surface area contributed by atoms with Crippen LogP contribution in [0, 0.1) is 0 Å². The smallest absolute Gasteiger partial charge is 0.311 e. The zero-order valence-electron chi connectivity index (χ0n) is 9.04. The van der Waals surface area contributed by atoms with Crippen LogP contribution in [0.3, 0.4) is 0 Å². The predicted octanol–water partition coefficient (Wildman–Crippen LogP) is 2.21. The summed E-state index contributed by atoms with van der Waals surface area (Å²) in [5.41, 5.74) is 5.58. The van der Waals surface area contributed by atoms with Crippen molar-refractivity contribution in [2.45, 2.75) is 18.2 Å². The lowest BCUT2D eigenvalue weighted by Gasteiger charge is -2.13. The minimum absolute atomic E-state index is 0.0805. The van der Waals surface area contributed by atoms with E-state index in [-0.39, 0.29) is 34.3 Å². The molecule has 0 aliphatic heterocycles. The van der Waals surface area contributed by atoms with E-state index < -0.39 is 12.4 Å². The van der Waals surface area contributed by atoms with Gasteiger partial charge in [0.2, 0.25) is 0 Å². The molecule has 0 amide bonds. The van der Waals surface area contributed by atoms with Gasteiger partial charge in [-0.15, -0.1) is 0 Å². The van der Waals surface area contributed by atoms with E-state index in [1.54, 1.807) is 0 Å². The molecule has 0 aromatic carbocycles. The lowest BCUT2D eigenvalue weighted by molar-refractivity contribution is -0.139. The molecule has 1 aromatic heterocycles. The first-order chi connectivity index (χ1) is 8.01. The van der Waals surface area contributed by atoms with Crippen LogP contribution in [0.4, 0.5) is 14.5 Å². The fourth-order valence-electron chi connectivity index (χ4n) is 1.39. The minimum atomic E-state index is -2.71. The molecule has 0 unspecified atom stereocenters. The standard InChI is InChI=1S/C10H11BrF2N2O2/c1-17-8(16)2-7-5(3-11)9(10(12)13)6(14)4-15-7/h4,10H,2-3,14H2,1H3. The minimum Gasteiger partial charge on any atom is -0.469 e. The van der Waals surface area contributed by atoms with Gasteiger partial charge in [0.05, 0.1) is 31.1 Å². The summed E-state index contributed by atoms with van der Waals surface area (Å²) in [6.45, 7) is 0. The topological polar surface area (TPSA) is 65.2 Å². The summed E-state index contributed by atoms with van der Waals surface area (Å²) in [4.78, 5) is 15.0. The van der Waals surface area contributed by atoms with E-state index >= 15 is 0 Å². The molecule has 0 saturated carbocycles. The van der Waals surface area contributed by atoms with Crippen LogP contribution in [0.15, 0.2) is 6.20 Å². The highest BCUT2D eigenvalue weighted by Crippen LogP contribution is 2.31. The van der Waals surface area contributed by atoms with Crippen LogP contribution in [0.25, 0.3) is 0 Å². The number of carbonyl (C=O) groups excluding carboxylic acids is 1. The number of hydrogen-bond acceptors (Lipinski definition) is 4. The van der Waals surface area contributed by atoms with Gasteiger partial charge in [-0.2, -0.15) is 0 Å². The van der Waals surface area contributed by atoms with Crippen molar-refractivity contribution in [3.8, 4) is 0 Å². The number of nitrogens with zero attached hydrogens (tertiary/aromatic N) is 1. The number of methoxy groups -OCH3 is 1. The molecular formula is C10H11BrF2N2O2. The number of ether oxygens (including phenoxy) is 1. The highest BCUT2D eigenvalue weighted by Gasteiger charge is 2.21. The van der Waals surface area contributed by atoms with Gasteiger partial charge >= 0.3 is 5.97 Å². The van der Waals surface area contributed by atoms with Crippen LogP contribution in [0.2, 0.25) is 0 Å². The molecule has 0 fully saturated rings. The first kappa shape index (κ1) is 13.8. The molecule has 1 heterocycles. The molecule has 0 aliphatic carbocycles. The van der Waals surface area contributed by atoms with Gasteiger partial charge in [0.25, 0.3) is 6.43 Å². The maximum absolute atomic E-state index is 12.8. The van der Waals surface area contributed by atoms with Gasteiger partial charge in [-0.1, -0.05) is 15.9 Å². The number of nitrogen functional groups attached to an aromatic ring is 1. The zero-order chi connectivity index (χ0) is 13.0. The van der Waals surface area contributed by atoms with Gasteiger partial charge in [-0.05, 0) is 5.56 Å². The summed E-state index contributed by atoms with van der Waals surface area (Å²) >= 11 is 3.09. The van der Waals surface area contributed by atoms with Gasteiger partial charge in [-0.25, -0.2) is 8.78 Å². The van der Waals surface area contributed by atoms with Crippen molar-refractivity contribution < 1.29 is 18.3 Å². The molecule has 0 bridgehead atoms. The van der Waals surface area contributed by atoms with E-state index in [9.17, 15) is 13.6 Å². The maximum Gasteiger partial charge on any atom is 0.311 e. The first-order valence-electron chi connectivity index (χ1n) is 4.68. The number of esters is 1. The molecule has 0 spiro atoms. The van der Waals surface area contributed by atoms with Crippen molar-refractivity contribution in [1.82, 2.24) is 4.98 Å². The Hall–Kier alpha value is -1.24. The second-order valence-electron chi connectivity index (χ2n) is 3.24. The average molecular weight is 309 g/mol. The highest BCUT2D eigenvalue weighted by molar-refractivity contribution is 9.08. The van der Waals surface area contributed by atoms with Gasteiger partial charge in [-0.3, -0.25) is 9.78 Å². The quantitative estimate of drug-likeness (QED) is 0.684. The van der Waals surface area contributed by atoms with Crippen LogP contribution in [0.5, 0.6) is 0 Å². The summed E-state index contributed by atoms with van der Waals surface area (Å²) in [5.74, 6) is -0.537. The number of nitrogens with two attached hydrogens (primary N) is 1. The van der Waals surface area contributed by atoms with Crippen LogP contribution in [-0.4, -0.2) is 18.1 Å². The Kier molecular flexibility index (Phi) is 4.80. The summed E-state index contributed by atoms with van der Waals surface area (Å²) in [5, 5.41) is 0.150. The molecule has 17 heavy (non-hydrogen) atoms. The third kappa shape index (κ3) is 3.12. The fraction of sp³-hybridized carbons (Fsp3) is 0.400. The monoisotopic (exact) mass is 308 g/mol. The molecule has 7 heteroatoms. The van der Waals surface area contributed by atoms with E-state index in [0.717, 1.165) is 6.20 Å². The SMILES string of the molecule is COC(=O)Cc1ncc(N)c(C(F)F)c1CBr. The predicted molar refractivity (Wildman–Crippen MR) is 62.0 cm³/mol. The molecule has 2 N–H and O–H groups in total. The van der Waals surface area contributed by atoms with Crippen LogP contribution < -0.4 is 5.73 Å². The van der Waals surface area contributed by atoms with Crippen molar-refractivity contribution in [2.75, 3.05) is 12.8 Å². The third-order valence-corrected chi connectivity index (χ3v) is 2.80. The Labute approximate surface area is 105 Å². The average Bonchev–Trinajstić information content (AvgIpc) is 2.30. The van der Waals surface area contributed by atoms with Crippen LogP contribution in [0.1, 0.15) is 23.2 Å². The Bertz CT molecular complexity index is 427. The Balaban J connectivity index is 3.23. The summed E-state index contributed by atoms with van der Waals surface area (Å²) in [6.07, 6.45) is -1.73. The number of rotatable bonds is 4. The Morgan fingerprint density at radius 2 is 2.29 bits per heavy atom. The van der Waals surface area contributed by atoms with Crippen molar-refractivity contribution in [3.63, 3.8) is 0 Å². The number of pyridine rings is 1. The molecular weight excluding hydrogens is 298 g/mol. The van der Waals surface area contributed by atoms with Crippen LogP contribution in [-0.2, 0) is 21.3 Å². The van der Waals surface area contributed by atoms with Crippen molar-refractivity contribution in [3.05, 3.63) is 23.0 Å². The lowest BCUT2D eigenvalue weighted by Crippen LogP contribution is -2.12. The van der Waals surface area contributed by atoms with Crippen molar-refractivity contribution in [1.29, 1.82) is 0 Å². The largest absolute Gasteiger partial charge is 0.469 e. The van der Waals surface area contributed by atoms with E-state index in [2.05, 4.69) is 25.7 Å². The molecule has 4 nitrogen and oxygen atoms in total. The first-order valence-corrected chi connectivity index (χ1v) is 5.80. The fourth-order valence-corrected chi connectivity index (χ4v) is 2.02. The second kappa shape index (κ2) is 5.90. The van der Waals surface area contributed by atoms with Crippen LogP contribution >= 0.6 is 15.9 Å².